The third kappa shape index (κ3) is 4.98. The average molecular weight is 294 g/mol. The maximum Gasteiger partial charge on any atom is 0.322 e. The number of carboxylic acid groups (broad SMARTS) is 1. The number of carbonyl (C=O) groups is 2. The van der Waals surface area contributed by atoms with Crippen LogP contribution in [0.3, 0.4) is 0 Å². The first kappa shape index (κ1) is 16.8. The summed E-state index contributed by atoms with van der Waals surface area (Å²) in [4.78, 5) is 24.4. The Morgan fingerprint density at radius 1 is 1.33 bits per heavy atom. The quantitative estimate of drug-likeness (QED) is 0.845. The van der Waals surface area contributed by atoms with Gasteiger partial charge >= 0.3 is 12.0 Å². The summed E-state index contributed by atoms with van der Waals surface area (Å²) in [6.07, 6.45) is 0.361. The Bertz CT molecular complexity index is 514. The Balaban J connectivity index is 2.76. The number of nitrogens with zero attached hydrogens (tertiary/aromatic N) is 1. The maximum absolute atomic E-state index is 12.3. The minimum Gasteiger partial charge on any atom is -0.495 e. The third-order valence-corrected chi connectivity index (χ3v) is 3.16. The van der Waals surface area contributed by atoms with Gasteiger partial charge in [-0.25, -0.2) is 4.79 Å². The van der Waals surface area contributed by atoms with E-state index in [-0.39, 0.29) is 12.5 Å². The zero-order valence-electron chi connectivity index (χ0n) is 12.8. The van der Waals surface area contributed by atoms with Crippen LogP contribution in [0.1, 0.15) is 26.7 Å². The second kappa shape index (κ2) is 6.97. The van der Waals surface area contributed by atoms with Crippen LogP contribution in [-0.4, -0.2) is 36.8 Å². The van der Waals surface area contributed by atoms with Gasteiger partial charge in [-0.1, -0.05) is 12.1 Å². The van der Waals surface area contributed by atoms with Crippen molar-refractivity contribution in [1.29, 1.82) is 0 Å². The lowest BCUT2D eigenvalue weighted by molar-refractivity contribution is -0.137. The summed E-state index contributed by atoms with van der Waals surface area (Å²) in [6, 6.07) is 6.88. The number of hydrogen-bond acceptors (Lipinski definition) is 3. The van der Waals surface area contributed by atoms with Crippen LogP contribution in [0.4, 0.5) is 10.5 Å². The summed E-state index contributed by atoms with van der Waals surface area (Å²) >= 11 is 0. The molecule has 0 radical (unpaired) electrons. The van der Waals surface area contributed by atoms with E-state index in [1.165, 1.54) is 4.90 Å². The number of anilines is 1. The highest BCUT2D eigenvalue weighted by molar-refractivity contribution is 5.93. The highest BCUT2D eigenvalue weighted by atomic mass is 16.5. The zero-order valence-corrected chi connectivity index (χ0v) is 12.8. The molecule has 21 heavy (non-hydrogen) atoms. The first-order valence-electron chi connectivity index (χ1n) is 6.67. The lowest BCUT2D eigenvalue weighted by atomic mass is 9.99. The number of carbonyl (C=O) groups excluding carboxylic acids is 1. The molecule has 2 N–H and O–H groups in total. The SMILES string of the molecule is COc1ccccc1N(C)C(=O)NC(C)(C)CCC(=O)O. The van der Waals surface area contributed by atoms with Crippen molar-refractivity contribution in [3.63, 3.8) is 0 Å². The molecule has 6 heteroatoms. The molecular formula is C15H22N2O4. The van der Waals surface area contributed by atoms with Crippen molar-refractivity contribution >= 4 is 17.7 Å². The number of ether oxygens (including phenoxy) is 1. The molecule has 0 bridgehead atoms. The van der Waals surface area contributed by atoms with Gasteiger partial charge in [-0.05, 0) is 32.4 Å². The molecule has 0 aliphatic rings. The molecule has 0 aromatic heterocycles. The van der Waals surface area contributed by atoms with E-state index >= 15 is 0 Å². The van der Waals surface area contributed by atoms with Crippen LogP contribution in [0.2, 0.25) is 0 Å². The Morgan fingerprint density at radius 3 is 2.52 bits per heavy atom. The van der Waals surface area contributed by atoms with Gasteiger partial charge in [-0.2, -0.15) is 0 Å². The molecule has 2 amide bonds. The molecule has 0 aliphatic carbocycles. The number of methoxy groups -OCH3 is 1. The second-order valence-electron chi connectivity index (χ2n) is 5.44. The molecule has 1 aromatic rings. The predicted octanol–water partition coefficient (Wildman–Crippen LogP) is 2.48. The molecule has 1 aromatic carbocycles. The van der Waals surface area contributed by atoms with Crippen LogP contribution in [0.25, 0.3) is 0 Å². The Labute approximate surface area is 124 Å². The van der Waals surface area contributed by atoms with E-state index in [2.05, 4.69) is 5.32 Å². The molecule has 0 heterocycles. The number of carboxylic acids is 1. The Morgan fingerprint density at radius 2 is 1.95 bits per heavy atom. The first-order chi connectivity index (χ1) is 9.76. The van der Waals surface area contributed by atoms with Gasteiger partial charge in [-0.3, -0.25) is 9.69 Å². The van der Waals surface area contributed by atoms with E-state index in [4.69, 9.17) is 9.84 Å². The van der Waals surface area contributed by atoms with Gasteiger partial charge in [0.05, 0.1) is 12.8 Å². The average Bonchev–Trinajstić information content (AvgIpc) is 2.44. The number of rotatable bonds is 6. The summed E-state index contributed by atoms with van der Waals surface area (Å²) in [7, 11) is 3.18. The van der Waals surface area contributed by atoms with Gasteiger partial charge < -0.3 is 15.2 Å². The number of urea groups is 1. The lowest BCUT2D eigenvalue weighted by Gasteiger charge is -2.29. The molecule has 0 atom stereocenters. The van der Waals surface area contributed by atoms with Gasteiger partial charge in [0.25, 0.3) is 0 Å². The van der Waals surface area contributed by atoms with E-state index in [1.54, 1.807) is 40.1 Å². The van der Waals surface area contributed by atoms with Crippen molar-refractivity contribution in [2.75, 3.05) is 19.1 Å². The van der Waals surface area contributed by atoms with Gasteiger partial charge in [0.1, 0.15) is 5.75 Å². The van der Waals surface area contributed by atoms with Gasteiger partial charge in [0.15, 0.2) is 0 Å². The second-order valence-corrected chi connectivity index (χ2v) is 5.44. The van der Waals surface area contributed by atoms with Crippen LogP contribution < -0.4 is 15.0 Å². The minimum atomic E-state index is -0.879. The number of benzene rings is 1. The molecule has 0 unspecified atom stereocenters. The number of hydrogen-bond donors (Lipinski definition) is 2. The van der Waals surface area contributed by atoms with E-state index in [0.717, 1.165) is 0 Å². The number of aliphatic carboxylic acids is 1. The fraction of sp³-hybridized carbons (Fsp3) is 0.467. The van der Waals surface area contributed by atoms with Gasteiger partial charge in [0, 0.05) is 19.0 Å². The van der Waals surface area contributed by atoms with Crippen molar-refractivity contribution in [3.05, 3.63) is 24.3 Å². The number of amides is 2. The summed E-state index contributed by atoms with van der Waals surface area (Å²) in [6.45, 7) is 3.59. The smallest absolute Gasteiger partial charge is 0.322 e. The van der Waals surface area contributed by atoms with Crippen molar-refractivity contribution in [3.8, 4) is 5.75 Å². The normalized spacial score (nSPS) is 10.9. The molecule has 0 spiro atoms. The molecule has 116 valence electrons. The van der Waals surface area contributed by atoms with Crippen LogP contribution in [0.15, 0.2) is 24.3 Å². The summed E-state index contributed by atoms with van der Waals surface area (Å²) in [5.41, 5.74) is 0.0395. The molecule has 0 saturated carbocycles. The van der Waals surface area contributed by atoms with Crippen molar-refractivity contribution < 1.29 is 19.4 Å². The zero-order chi connectivity index (χ0) is 16.0. The minimum absolute atomic E-state index is 0.00561. The van der Waals surface area contributed by atoms with E-state index < -0.39 is 11.5 Å². The van der Waals surface area contributed by atoms with Crippen LogP contribution >= 0.6 is 0 Å². The summed E-state index contributed by atoms with van der Waals surface area (Å²) in [5.74, 6) is -0.283. The van der Waals surface area contributed by atoms with Crippen LogP contribution in [0, 0.1) is 0 Å². The van der Waals surface area contributed by atoms with Crippen molar-refractivity contribution in [1.82, 2.24) is 5.32 Å². The molecule has 1 rings (SSSR count). The van der Waals surface area contributed by atoms with Crippen LogP contribution in [0.5, 0.6) is 5.75 Å². The standard InChI is InChI=1S/C15H22N2O4/c1-15(2,10-9-13(18)19)16-14(20)17(3)11-7-5-6-8-12(11)21-4/h5-8H,9-10H2,1-4H3,(H,16,20)(H,18,19). The van der Waals surface area contributed by atoms with Crippen molar-refractivity contribution in [2.45, 2.75) is 32.2 Å². The summed E-state index contributed by atoms with van der Waals surface area (Å²) in [5, 5.41) is 11.6. The van der Waals surface area contributed by atoms with E-state index in [1.807, 2.05) is 12.1 Å². The van der Waals surface area contributed by atoms with Gasteiger partial charge in [0.2, 0.25) is 0 Å². The molecule has 0 aliphatic heterocycles. The highest BCUT2D eigenvalue weighted by Crippen LogP contribution is 2.27. The monoisotopic (exact) mass is 294 g/mol. The first-order valence-corrected chi connectivity index (χ1v) is 6.67. The molecular weight excluding hydrogens is 272 g/mol. The Kier molecular flexibility index (Phi) is 5.58. The Hall–Kier alpha value is -2.24. The highest BCUT2D eigenvalue weighted by Gasteiger charge is 2.24. The summed E-state index contributed by atoms with van der Waals surface area (Å²) < 4.78 is 5.23. The molecule has 0 saturated heterocycles. The van der Waals surface area contributed by atoms with E-state index in [9.17, 15) is 9.59 Å². The topological polar surface area (TPSA) is 78.9 Å². The lowest BCUT2D eigenvalue weighted by Crippen LogP contribution is -2.49. The number of nitrogens with one attached hydrogen (secondary N) is 1. The maximum atomic E-state index is 12.3. The fourth-order valence-electron chi connectivity index (χ4n) is 1.87. The van der Waals surface area contributed by atoms with E-state index in [0.29, 0.717) is 17.9 Å². The molecule has 0 fully saturated rings. The largest absolute Gasteiger partial charge is 0.495 e. The van der Waals surface area contributed by atoms with Crippen LogP contribution in [-0.2, 0) is 4.79 Å². The predicted molar refractivity (Wildman–Crippen MR) is 80.9 cm³/mol. The fourth-order valence-corrected chi connectivity index (χ4v) is 1.87. The van der Waals surface area contributed by atoms with Gasteiger partial charge in [-0.15, -0.1) is 0 Å². The van der Waals surface area contributed by atoms with Crippen molar-refractivity contribution in [2.24, 2.45) is 0 Å². The molecule has 6 nitrogen and oxygen atoms in total. The third-order valence-electron chi connectivity index (χ3n) is 3.16. The number of para-hydroxylation sites is 2.